The highest BCUT2D eigenvalue weighted by molar-refractivity contribution is 7.59. The van der Waals surface area contributed by atoms with Crippen molar-refractivity contribution >= 4 is 19.2 Å². The molecular weight excluding hydrogens is 303 g/mol. The summed E-state index contributed by atoms with van der Waals surface area (Å²) in [5.74, 6) is 0. The van der Waals surface area contributed by atoms with E-state index in [4.69, 9.17) is 0 Å². The number of carbonyl (C=O) groups excluding carboxylic acids is 1. The topological polar surface area (TPSA) is 40.1 Å². The van der Waals surface area contributed by atoms with Crippen molar-refractivity contribution in [3.05, 3.63) is 68.8 Å². The molecule has 2 aromatic carbocycles. The summed E-state index contributed by atoms with van der Waals surface area (Å²) in [6.45, 7) is 11.7. The molecule has 23 heavy (non-hydrogen) atoms. The normalized spacial score (nSPS) is 11.7. The molecule has 0 unspecified atom stereocenters. The summed E-state index contributed by atoms with van der Waals surface area (Å²) >= 11 is 0. The standard InChI is InChI=1S/C20H23O2P/c1-11-7-13(3)17(14(4)8-11)19(21)23-20(22)18-15(5)9-12(2)10-16(18)6/h7-10,21H,1-6H3/p-1. The average Bonchev–Trinajstić information content (AvgIpc) is 2.35. The van der Waals surface area contributed by atoms with E-state index in [0.29, 0.717) is 11.1 Å². The van der Waals surface area contributed by atoms with Gasteiger partial charge in [-0.05, 0) is 77.6 Å². The molecule has 2 aromatic rings. The largest absolute Gasteiger partial charge is 0.823 e. The second-order valence-corrected chi connectivity index (χ2v) is 7.31. The van der Waals surface area contributed by atoms with Gasteiger partial charge in [0.15, 0.2) is 0 Å². The lowest BCUT2D eigenvalue weighted by molar-refractivity contribution is -0.207. The second-order valence-electron chi connectivity index (χ2n) is 6.27. The van der Waals surface area contributed by atoms with Gasteiger partial charge in [0.05, 0.1) is 0 Å². The van der Waals surface area contributed by atoms with E-state index in [1.165, 1.54) is 0 Å². The van der Waals surface area contributed by atoms with Gasteiger partial charge >= 0.3 is 0 Å². The minimum absolute atomic E-state index is 0.121. The van der Waals surface area contributed by atoms with Crippen LogP contribution in [0.1, 0.15) is 49.3 Å². The van der Waals surface area contributed by atoms with Gasteiger partial charge in [-0.15, -0.1) is 5.48 Å². The van der Waals surface area contributed by atoms with E-state index < -0.39 is 0 Å². The van der Waals surface area contributed by atoms with E-state index >= 15 is 0 Å². The predicted molar refractivity (Wildman–Crippen MR) is 96.7 cm³/mol. The van der Waals surface area contributed by atoms with Crippen molar-refractivity contribution in [2.75, 3.05) is 0 Å². The number of hydrogen-bond acceptors (Lipinski definition) is 2. The third kappa shape index (κ3) is 3.77. The van der Waals surface area contributed by atoms with Crippen molar-refractivity contribution in [1.29, 1.82) is 0 Å². The number of rotatable bonds is 3. The Kier molecular flexibility index (Phi) is 5.19. The van der Waals surface area contributed by atoms with Gasteiger partial charge in [-0.1, -0.05) is 35.4 Å². The number of benzene rings is 2. The van der Waals surface area contributed by atoms with Crippen LogP contribution in [0.2, 0.25) is 0 Å². The maximum Gasteiger partial charge on any atom is 0.210 e. The zero-order chi connectivity index (χ0) is 17.3. The molecular formula is C20H22O2P-. The van der Waals surface area contributed by atoms with Crippen LogP contribution in [-0.2, 0) is 0 Å². The first-order valence-corrected chi connectivity index (χ1v) is 8.56. The van der Waals surface area contributed by atoms with Crippen LogP contribution in [0.15, 0.2) is 24.3 Å². The summed E-state index contributed by atoms with van der Waals surface area (Å²) in [6, 6.07) is 7.95. The van der Waals surface area contributed by atoms with Crippen molar-refractivity contribution in [3.63, 3.8) is 0 Å². The molecule has 0 amide bonds. The predicted octanol–water partition coefficient (Wildman–Crippen LogP) is 4.16. The Hall–Kier alpha value is -1.76. The molecule has 0 aliphatic rings. The van der Waals surface area contributed by atoms with E-state index in [0.717, 1.165) is 33.4 Å². The third-order valence-electron chi connectivity index (χ3n) is 3.98. The van der Waals surface area contributed by atoms with E-state index in [9.17, 15) is 9.90 Å². The quantitative estimate of drug-likeness (QED) is 0.795. The molecule has 120 valence electrons. The van der Waals surface area contributed by atoms with Gasteiger partial charge in [0.1, 0.15) is 0 Å². The molecule has 3 heteroatoms. The molecule has 0 saturated carbocycles. The smallest absolute Gasteiger partial charge is 0.210 e. The Balaban J connectivity index is 2.49. The fourth-order valence-corrected chi connectivity index (χ4v) is 4.35. The third-order valence-corrected chi connectivity index (χ3v) is 4.84. The molecule has 0 saturated heterocycles. The molecule has 0 aliphatic carbocycles. The summed E-state index contributed by atoms with van der Waals surface area (Å²) in [5, 5.41) is 12.6. The van der Waals surface area contributed by atoms with Crippen LogP contribution >= 0.6 is 8.20 Å². The van der Waals surface area contributed by atoms with E-state index in [1.807, 2.05) is 65.8 Å². The van der Waals surface area contributed by atoms with Crippen molar-refractivity contribution in [2.45, 2.75) is 41.5 Å². The van der Waals surface area contributed by atoms with E-state index in [2.05, 4.69) is 0 Å². The van der Waals surface area contributed by atoms with Crippen molar-refractivity contribution in [1.82, 2.24) is 0 Å². The van der Waals surface area contributed by atoms with Gasteiger partial charge in [0.2, 0.25) is 5.52 Å². The van der Waals surface area contributed by atoms with Crippen LogP contribution in [0.25, 0.3) is 0 Å². The Morgan fingerprint density at radius 1 is 0.739 bits per heavy atom. The van der Waals surface area contributed by atoms with Crippen LogP contribution in [0.5, 0.6) is 0 Å². The SMILES string of the molecule is Cc1cc(C)c(C(=O)P=C([O-])c2c(C)cc(C)cc2C)c(C)c1. The molecule has 0 aromatic heterocycles. The van der Waals surface area contributed by atoms with Crippen LogP contribution in [0.4, 0.5) is 0 Å². The Morgan fingerprint density at radius 3 is 1.48 bits per heavy atom. The monoisotopic (exact) mass is 325 g/mol. The van der Waals surface area contributed by atoms with Crippen LogP contribution in [0, 0.1) is 41.5 Å². The Bertz CT molecular complexity index is 770. The summed E-state index contributed by atoms with van der Waals surface area (Å²) in [6.07, 6.45) is 0. The molecule has 0 fully saturated rings. The zero-order valence-corrected chi connectivity index (χ0v) is 15.5. The fourth-order valence-electron chi connectivity index (χ4n) is 3.24. The average molecular weight is 325 g/mol. The van der Waals surface area contributed by atoms with E-state index in [-0.39, 0.29) is 19.2 Å². The molecule has 2 nitrogen and oxygen atoms in total. The molecule has 0 atom stereocenters. The lowest BCUT2D eigenvalue weighted by Gasteiger charge is -2.18. The summed E-state index contributed by atoms with van der Waals surface area (Å²) in [7, 11) is 0.216. The number of carbonyl (C=O) groups is 1. The van der Waals surface area contributed by atoms with Gasteiger partial charge < -0.3 is 5.11 Å². The summed E-state index contributed by atoms with van der Waals surface area (Å²) in [4.78, 5) is 12.6. The minimum Gasteiger partial charge on any atom is -0.823 e. The molecule has 0 radical (unpaired) electrons. The first-order chi connectivity index (χ1) is 10.7. The molecule has 0 heterocycles. The zero-order valence-electron chi connectivity index (χ0n) is 14.6. The van der Waals surface area contributed by atoms with Gasteiger partial charge in [0, 0.05) is 5.56 Å². The van der Waals surface area contributed by atoms with Crippen molar-refractivity contribution < 1.29 is 9.90 Å². The molecule has 0 spiro atoms. The maximum atomic E-state index is 12.6. The molecule has 0 N–H and O–H groups in total. The Morgan fingerprint density at radius 2 is 1.09 bits per heavy atom. The number of aryl methyl sites for hydroxylation is 6. The molecule has 2 rings (SSSR count). The highest BCUT2D eigenvalue weighted by Crippen LogP contribution is 2.24. The first-order valence-electron chi connectivity index (χ1n) is 7.66. The van der Waals surface area contributed by atoms with Gasteiger partial charge in [-0.2, -0.15) is 0 Å². The van der Waals surface area contributed by atoms with Gasteiger partial charge in [0.25, 0.3) is 0 Å². The lowest BCUT2D eigenvalue weighted by atomic mass is 10.0. The van der Waals surface area contributed by atoms with Crippen LogP contribution in [0.3, 0.4) is 0 Å². The Labute approximate surface area is 140 Å². The second kappa shape index (κ2) is 6.78. The van der Waals surface area contributed by atoms with Crippen molar-refractivity contribution in [2.24, 2.45) is 0 Å². The van der Waals surface area contributed by atoms with E-state index in [1.54, 1.807) is 0 Å². The minimum atomic E-state index is -0.121. The van der Waals surface area contributed by atoms with Gasteiger partial charge in [-0.25, -0.2) is 0 Å². The molecule has 0 bridgehead atoms. The first kappa shape index (κ1) is 17.6. The highest BCUT2D eigenvalue weighted by Gasteiger charge is 2.12. The number of hydrogen-bond donors (Lipinski definition) is 0. The fraction of sp³-hybridized carbons (Fsp3) is 0.300. The summed E-state index contributed by atoms with van der Waals surface area (Å²) < 4.78 is 0. The highest BCUT2D eigenvalue weighted by atomic mass is 31.1. The maximum absolute atomic E-state index is 12.6. The van der Waals surface area contributed by atoms with Crippen LogP contribution in [-0.4, -0.2) is 11.0 Å². The lowest BCUT2D eigenvalue weighted by Crippen LogP contribution is -2.20. The van der Waals surface area contributed by atoms with Crippen LogP contribution < -0.4 is 5.11 Å². The van der Waals surface area contributed by atoms with Crippen molar-refractivity contribution in [3.8, 4) is 0 Å². The van der Waals surface area contributed by atoms with Gasteiger partial charge in [-0.3, -0.25) is 4.79 Å². The molecule has 0 aliphatic heterocycles. The summed E-state index contributed by atoms with van der Waals surface area (Å²) in [5.41, 5.74) is 7.11.